The Labute approximate surface area is 128 Å². The predicted molar refractivity (Wildman–Crippen MR) is 91.9 cm³/mol. The average molecular weight is 287 g/mol. The molecule has 1 rings (SSSR count). The highest BCUT2D eigenvalue weighted by Gasteiger charge is 2.01. The first-order valence-corrected chi connectivity index (χ1v) is 6.74. The zero-order valence-electron chi connectivity index (χ0n) is 12.6. The molecule has 0 aromatic heterocycles. The molecule has 0 bridgehead atoms. The van der Waals surface area contributed by atoms with Crippen LogP contribution in [0.1, 0.15) is 0 Å². The lowest BCUT2D eigenvalue weighted by atomic mass is 10.2. The van der Waals surface area contributed by atoms with Gasteiger partial charge in [0.15, 0.2) is 0 Å². The lowest BCUT2D eigenvalue weighted by Gasteiger charge is -2.21. The van der Waals surface area contributed by atoms with E-state index in [1.807, 2.05) is 24.3 Å². The topological polar surface area (TPSA) is 32.7 Å². The number of rotatable bonds is 9. The van der Waals surface area contributed by atoms with Crippen LogP contribution in [0.3, 0.4) is 0 Å². The number of hydrogen-bond acceptors (Lipinski definition) is 3. The second-order valence-corrected chi connectivity index (χ2v) is 4.11. The van der Waals surface area contributed by atoms with Gasteiger partial charge in [0.05, 0.1) is 13.2 Å². The van der Waals surface area contributed by atoms with E-state index in [0.29, 0.717) is 13.2 Å². The van der Waals surface area contributed by atoms with Crippen LogP contribution in [-0.2, 0) is 4.74 Å². The zero-order valence-corrected chi connectivity index (χ0v) is 12.6. The van der Waals surface area contributed by atoms with Crippen LogP contribution in [0.15, 0.2) is 74.9 Å². The Morgan fingerprint density at radius 3 is 1.71 bits per heavy atom. The molecule has 3 heteroatoms. The minimum Gasteiger partial charge on any atom is -0.508 e. The van der Waals surface area contributed by atoms with Gasteiger partial charge in [0.2, 0.25) is 0 Å². The Balaban J connectivity index is 0.000000486. The summed E-state index contributed by atoms with van der Waals surface area (Å²) in [5, 5.41) is 9.14. The van der Waals surface area contributed by atoms with Crippen LogP contribution < -0.4 is 4.90 Å². The van der Waals surface area contributed by atoms with Crippen LogP contribution >= 0.6 is 0 Å². The van der Waals surface area contributed by atoms with Crippen molar-refractivity contribution in [1.29, 1.82) is 0 Å². The summed E-state index contributed by atoms with van der Waals surface area (Å²) in [7, 11) is 0. The maximum Gasteiger partial charge on any atom is 0.115 e. The van der Waals surface area contributed by atoms with E-state index in [1.54, 1.807) is 24.3 Å². The fraction of sp³-hybridized carbons (Fsp3) is 0.222. The van der Waals surface area contributed by atoms with Crippen molar-refractivity contribution in [2.45, 2.75) is 0 Å². The second-order valence-electron chi connectivity index (χ2n) is 4.11. The molecule has 0 atom stereocenters. The SMILES string of the molecule is C=CCN(CC=C)c1ccc(O)cc1.C=CCOCC=C. The molecule has 0 aliphatic rings. The van der Waals surface area contributed by atoms with Gasteiger partial charge in [0, 0.05) is 18.8 Å². The van der Waals surface area contributed by atoms with E-state index < -0.39 is 0 Å². The first-order valence-electron chi connectivity index (χ1n) is 6.74. The van der Waals surface area contributed by atoms with Gasteiger partial charge in [-0.15, -0.1) is 26.3 Å². The van der Waals surface area contributed by atoms with Crippen LogP contribution in [0.2, 0.25) is 0 Å². The van der Waals surface area contributed by atoms with E-state index in [-0.39, 0.29) is 5.75 Å². The van der Waals surface area contributed by atoms with Crippen molar-refractivity contribution in [2.75, 3.05) is 31.2 Å². The van der Waals surface area contributed by atoms with E-state index in [9.17, 15) is 0 Å². The molecule has 0 saturated heterocycles. The number of hydrogen-bond donors (Lipinski definition) is 1. The molecule has 0 amide bonds. The Hall–Kier alpha value is -2.26. The summed E-state index contributed by atoms with van der Waals surface area (Å²) in [5.74, 6) is 0.283. The molecule has 1 N–H and O–H groups in total. The highest BCUT2D eigenvalue weighted by atomic mass is 16.5. The zero-order chi connectivity index (χ0) is 15.9. The van der Waals surface area contributed by atoms with E-state index >= 15 is 0 Å². The summed E-state index contributed by atoms with van der Waals surface area (Å²) < 4.78 is 4.90. The van der Waals surface area contributed by atoms with Gasteiger partial charge in [-0.2, -0.15) is 0 Å². The fourth-order valence-corrected chi connectivity index (χ4v) is 1.50. The van der Waals surface area contributed by atoms with Crippen LogP contribution in [-0.4, -0.2) is 31.4 Å². The first-order chi connectivity index (χ1) is 10.2. The molecule has 0 aliphatic heterocycles. The van der Waals surface area contributed by atoms with Gasteiger partial charge < -0.3 is 14.7 Å². The second kappa shape index (κ2) is 12.8. The van der Waals surface area contributed by atoms with Gasteiger partial charge in [-0.1, -0.05) is 24.3 Å². The Morgan fingerprint density at radius 2 is 1.33 bits per heavy atom. The number of phenols is 1. The third-order valence-electron chi connectivity index (χ3n) is 2.39. The van der Waals surface area contributed by atoms with Gasteiger partial charge in [-0.3, -0.25) is 0 Å². The lowest BCUT2D eigenvalue weighted by molar-refractivity contribution is 0.194. The van der Waals surface area contributed by atoms with Crippen molar-refractivity contribution in [1.82, 2.24) is 0 Å². The summed E-state index contributed by atoms with van der Waals surface area (Å²) in [6.07, 6.45) is 7.11. The third-order valence-corrected chi connectivity index (χ3v) is 2.39. The smallest absolute Gasteiger partial charge is 0.115 e. The van der Waals surface area contributed by atoms with E-state index in [4.69, 9.17) is 9.84 Å². The maximum absolute atomic E-state index is 9.14. The summed E-state index contributed by atoms with van der Waals surface area (Å²) >= 11 is 0. The summed E-state index contributed by atoms with van der Waals surface area (Å²) in [4.78, 5) is 2.11. The molecule has 0 radical (unpaired) electrons. The molecular formula is C18H25NO2. The molecule has 0 aliphatic carbocycles. The Bertz CT molecular complexity index is 405. The molecule has 21 heavy (non-hydrogen) atoms. The molecule has 0 fully saturated rings. The van der Waals surface area contributed by atoms with Gasteiger partial charge in [-0.05, 0) is 24.3 Å². The van der Waals surface area contributed by atoms with Gasteiger partial charge in [-0.25, -0.2) is 0 Å². The summed E-state index contributed by atoms with van der Waals surface area (Å²) in [6.45, 7) is 17.1. The molecule has 3 nitrogen and oxygen atoms in total. The minimum absolute atomic E-state index is 0.283. The molecule has 1 aromatic carbocycles. The van der Waals surface area contributed by atoms with Crippen LogP contribution in [0.5, 0.6) is 5.75 Å². The monoisotopic (exact) mass is 287 g/mol. The van der Waals surface area contributed by atoms with Crippen molar-refractivity contribution in [3.8, 4) is 5.75 Å². The highest BCUT2D eigenvalue weighted by molar-refractivity contribution is 5.49. The number of phenolic OH excluding ortho intramolecular Hbond substituents is 1. The largest absolute Gasteiger partial charge is 0.508 e. The van der Waals surface area contributed by atoms with Crippen LogP contribution in [0.25, 0.3) is 0 Å². The van der Waals surface area contributed by atoms with E-state index in [0.717, 1.165) is 18.8 Å². The standard InChI is InChI=1S/C12H15NO.C6H10O/c1-3-9-13(10-4-2)11-5-7-12(14)8-6-11;1-3-5-7-6-4-2/h3-8,14H,1-2,9-10H2;3-4H,1-2,5-6H2. The summed E-state index contributed by atoms with van der Waals surface area (Å²) in [5.41, 5.74) is 1.06. The molecule has 114 valence electrons. The van der Waals surface area contributed by atoms with Crippen LogP contribution in [0, 0.1) is 0 Å². The van der Waals surface area contributed by atoms with Crippen molar-refractivity contribution >= 4 is 5.69 Å². The number of benzene rings is 1. The van der Waals surface area contributed by atoms with Crippen molar-refractivity contribution in [3.63, 3.8) is 0 Å². The van der Waals surface area contributed by atoms with Crippen molar-refractivity contribution in [2.24, 2.45) is 0 Å². The molecule has 0 heterocycles. The Morgan fingerprint density at radius 1 is 0.857 bits per heavy atom. The minimum atomic E-state index is 0.283. The quantitative estimate of drug-likeness (QED) is 0.551. The van der Waals surface area contributed by atoms with Crippen molar-refractivity contribution in [3.05, 3.63) is 74.9 Å². The van der Waals surface area contributed by atoms with Crippen molar-refractivity contribution < 1.29 is 9.84 Å². The first kappa shape index (κ1) is 18.7. The number of aromatic hydroxyl groups is 1. The Kier molecular flexibility index (Phi) is 11.4. The third kappa shape index (κ3) is 9.30. The maximum atomic E-state index is 9.14. The molecule has 0 saturated carbocycles. The number of ether oxygens (including phenoxy) is 1. The van der Waals surface area contributed by atoms with Crippen LogP contribution in [0.4, 0.5) is 5.69 Å². The number of anilines is 1. The molecule has 1 aromatic rings. The van der Waals surface area contributed by atoms with E-state index in [1.165, 1.54) is 0 Å². The lowest BCUT2D eigenvalue weighted by Crippen LogP contribution is -2.22. The van der Waals surface area contributed by atoms with E-state index in [2.05, 4.69) is 31.2 Å². The molecule has 0 unspecified atom stereocenters. The summed E-state index contributed by atoms with van der Waals surface area (Å²) in [6, 6.07) is 7.10. The number of nitrogens with zero attached hydrogens (tertiary/aromatic N) is 1. The van der Waals surface area contributed by atoms with Gasteiger partial charge >= 0.3 is 0 Å². The normalized spacial score (nSPS) is 8.95. The molecule has 0 spiro atoms. The highest BCUT2D eigenvalue weighted by Crippen LogP contribution is 2.18. The van der Waals surface area contributed by atoms with Gasteiger partial charge in [0.1, 0.15) is 5.75 Å². The van der Waals surface area contributed by atoms with Gasteiger partial charge in [0.25, 0.3) is 0 Å². The predicted octanol–water partition coefficient (Wildman–Crippen LogP) is 3.95. The fourth-order valence-electron chi connectivity index (χ4n) is 1.50. The molecular weight excluding hydrogens is 262 g/mol. The average Bonchev–Trinajstić information content (AvgIpc) is 2.49.